The van der Waals surface area contributed by atoms with Crippen molar-refractivity contribution in [1.82, 2.24) is 0 Å². The van der Waals surface area contributed by atoms with Crippen molar-refractivity contribution in [3.05, 3.63) is 139 Å². The summed E-state index contributed by atoms with van der Waals surface area (Å²) >= 11 is 1.85. The molecule has 0 aliphatic rings. The summed E-state index contributed by atoms with van der Waals surface area (Å²) in [5, 5.41) is 4.85. The van der Waals surface area contributed by atoms with Gasteiger partial charge in [0.2, 0.25) is 0 Å². The average Bonchev–Trinajstić information content (AvgIpc) is 3.60. The lowest BCUT2D eigenvalue weighted by atomic mass is 9.86. The molecular weight excluding hydrogens is 543 g/mol. The summed E-state index contributed by atoms with van der Waals surface area (Å²) < 4.78 is 9.25. The summed E-state index contributed by atoms with van der Waals surface area (Å²) in [5.41, 5.74) is 8.80. The van der Waals surface area contributed by atoms with Gasteiger partial charge in [0.25, 0.3) is 0 Å². The van der Waals surface area contributed by atoms with Gasteiger partial charge in [-0.1, -0.05) is 106 Å². The van der Waals surface area contributed by atoms with E-state index in [0.717, 1.165) is 39.0 Å². The molecule has 3 heteroatoms. The van der Waals surface area contributed by atoms with Crippen LogP contribution in [0.25, 0.3) is 53.2 Å². The molecule has 0 saturated heterocycles. The third kappa shape index (κ3) is 4.31. The lowest BCUT2D eigenvalue weighted by Gasteiger charge is -2.26. The molecule has 0 N–H and O–H groups in total. The van der Waals surface area contributed by atoms with Crippen LogP contribution in [-0.4, -0.2) is 0 Å². The Morgan fingerprint density at radius 2 is 1.23 bits per heavy atom. The minimum absolute atomic E-state index is 0.0362. The molecule has 0 radical (unpaired) electrons. The molecule has 0 saturated carbocycles. The van der Waals surface area contributed by atoms with Crippen molar-refractivity contribution in [2.45, 2.75) is 26.2 Å². The fraction of sp³-hybridized carbons (Fsp3) is 0.100. The first kappa shape index (κ1) is 25.8. The van der Waals surface area contributed by atoms with E-state index in [4.69, 9.17) is 4.42 Å². The Kier molecular flexibility index (Phi) is 5.92. The number of anilines is 3. The predicted molar refractivity (Wildman–Crippen MR) is 185 cm³/mol. The van der Waals surface area contributed by atoms with Gasteiger partial charge >= 0.3 is 0 Å². The maximum atomic E-state index is 6.64. The van der Waals surface area contributed by atoms with Gasteiger partial charge in [0.1, 0.15) is 11.2 Å². The maximum Gasteiger partial charge on any atom is 0.139 e. The minimum atomic E-state index is -0.0362. The first-order valence-electron chi connectivity index (χ1n) is 14.8. The van der Waals surface area contributed by atoms with Crippen LogP contribution in [0.15, 0.2) is 138 Å². The number of hydrogen-bond donors (Lipinski definition) is 0. The molecule has 0 fully saturated rings. The normalized spacial score (nSPS) is 12.1. The van der Waals surface area contributed by atoms with E-state index in [0.29, 0.717) is 0 Å². The van der Waals surface area contributed by atoms with Crippen LogP contribution in [0.2, 0.25) is 0 Å². The van der Waals surface area contributed by atoms with Crippen LogP contribution in [0, 0.1) is 0 Å². The first-order valence-corrected chi connectivity index (χ1v) is 15.6. The molecule has 0 aliphatic heterocycles. The van der Waals surface area contributed by atoms with E-state index in [-0.39, 0.29) is 5.41 Å². The third-order valence-corrected chi connectivity index (χ3v) is 9.55. The maximum absolute atomic E-state index is 6.64. The molecule has 8 aromatic rings. The van der Waals surface area contributed by atoms with E-state index in [1.165, 1.54) is 36.9 Å². The molecule has 2 aromatic heterocycles. The van der Waals surface area contributed by atoms with Gasteiger partial charge in [-0.25, -0.2) is 0 Å². The fourth-order valence-electron chi connectivity index (χ4n) is 6.32. The molecular formula is C40H31NOS. The van der Waals surface area contributed by atoms with Gasteiger partial charge in [-0.2, -0.15) is 0 Å². The zero-order valence-electron chi connectivity index (χ0n) is 24.5. The summed E-state index contributed by atoms with van der Waals surface area (Å²) in [6.07, 6.45) is 0. The van der Waals surface area contributed by atoms with Crippen LogP contribution in [0.3, 0.4) is 0 Å². The molecule has 0 atom stereocenters. The number of rotatable bonds is 4. The number of nitrogens with zero attached hydrogens (tertiary/aromatic N) is 1. The van der Waals surface area contributed by atoms with Crippen molar-refractivity contribution in [2.24, 2.45) is 0 Å². The Balaban J connectivity index is 1.39. The van der Waals surface area contributed by atoms with Crippen molar-refractivity contribution in [3.8, 4) is 11.1 Å². The van der Waals surface area contributed by atoms with Gasteiger partial charge < -0.3 is 9.32 Å². The zero-order valence-corrected chi connectivity index (χ0v) is 25.3. The molecule has 208 valence electrons. The molecule has 2 heterocycles. The van der Waals surface area contributed by atoms with E-state index < -0.39 is 0 Å². The average molecular weight is 574 g/mol. The van der Waals surface area contributed by atoms with E-state index in [1.54, 1.807) is 0 Å². The van der Waals surface area contributed by atoms with Crippen LogP contribution in [-0.2, 0) is 5.41 Å². The fourth-order valence-corrected chi connectivity index (χ4v) is 7.41. The Hall–Kier alpha value is -4.86. The highest BCUT2D eigenvalue weighted by Crippen LogP contribution is 2.46. The summed E-state index contributed by atoms with van der Waals surface area (Å²) in [5.74, 6) is 0. The topological polar surface area (TPSA) is 16.4 Å². The monoisotopic (exact) mass is 573 g/mol. The van der Waals surface area contributed by atoms with Crippen LogP contribution < -0.4 is 4.90 Å². The summed E-state index contributed by atoms with van der Waals surface area (Å²) in [6, 6.07) is 48.0. The number of furan rings is 1. The molecule has 43 heavy (non-hydrogen) atoms. The van der Waals surface area contributed by atoms with Gasteiger partial charge in [-0.05, 0) is 65.1 Å². The molecule has 0 aliphatic carbocycles. The molecule has 0 amide bonds. The molecule has 2 nitrogen and oxygen atoms in total. The second-order valence-corrected chi connectivity index (χ2v) is 13.3. The first-order chi connectivity index (χ1) is 21.0. The van der Waals surface area contributed by atoms with Crippen molar-refractivity contribution in [3.63, 3.8) is 0 Å². The van der Waals surface area contributed by atoms with Gasteiger partial charge in [0.15, 0.2) is 0 Å². The predicted octanol–water partition coefficient (Wildman–Crippen LogP) is 12.4. The van der Waals surface area contributed by atoms with E-state index in [2.05, 4.69) is 159 Å². The number of thiophene rings is 1. The molecule has 0 bridgehead atoms. The lowest BCUT2D eigenvalue weighted by Crippen LogP contribution is -2.11. The second-order valence-electron chi connectivity index (χ2n) is 12.2. The largest absolute Gasteiger partial charge is 0.456 e. The minimum Gasteiger partial charge on any atom is -0.456 e. The van der Waals surface area contributed by atoms with Crippen LogP contribution in [0.5, 0.6) is 0 Å². The van der Waals surface area contributed by atoms with Crippen molar-refractivity contribution in [2.75, 3.05) is 4.90 Å². The molecule has 6 aromatic carbocycles. The molecule has 0 spiro atoms. The van der Waals surface area contributed by atoms with Gasteiger partial charge in [0, 0.05) is 42.5 Å². The van der Waals surface area contributed by atoms with Crippen molar-refractivity contribution in [1.29, 1.82) is 0 Å². The van der Waals surface area contributed by atoms with Crippen molar-refractivity contribution < 1.29 is 4.42 Å². The zero-order chi connectivity index (χ0) is 29.1. The van der Waals surface area contributed by atoms with Gasteiger partial charge in [-0.15, -0.1) is 11.3 Å². The van der Waals surface area contributed by atoms with Crippen LogP contribution in [0.1, 0.15) is 26.3 Å². The molecule has 8 rings (SSSR count). The summed E-state index contributed by atoms with van der Waals surface area (Å²) in [7, 11) is 0. The van der Waals surface area contributed by atoms with Gasteiger partial charge in [0.05, 0.1) is 11.1 Å². The van der Waals surface area contributed by atoms with Crippen LogP contribution in [0.4, 0.5) is 17.1 Å². The Bertz CT molecular complexity index is 2270. The smallest absolute Gasteiger partial charge is 0.139 e. The van der Waals surface area contributed by atoms with Gasteiger partial charge in [-0.3, -0.25) is 0 Å². The molecule has 0 unspecified atom stereocenters. The third-order valence-electron chi connectivity index (χ3n) is 8.40. The van der Waals surface area contributed by atoms with E-state index >= 15 is 0 Å². The number of fused-ring (bicyclic) bond motifs is 6. The Morgan fingerprint density at radius 3 is 2.05 bits per heavy atom. The Labute approximate surface area is 255 Å². The number of para-hydroxylation sites is 1. The Morgan fingerprint density at radius 1 is 0.558 bits per heavy atom. The quantitative estimate of drug-likeness (QED) is 0.208. The second kappa shape index (κ2) is 9.86. The lowest BCUT2D eigenvalue weighted by molar-refractivity contribution is 0.573. The number of hydrogen-bond acceptors (Lipinski definition) is 3. The highest BCUT2D eigenvalue weighted by Gasteiger charge is 2.24. The summed E-state index contributed by atoms with van der Waals surface area (Å²) in [6.45, 7) is 6.74. The summed E-state index contributed by atoms with van der Waals surface area (Å²) in [4.78, 5) is 2.39. The number of benzene rings is 6. The highest BCUT2D eigenvalue weighted by molar-refractivity contribution is 7.25. The SMILES string of the molecule is CC(C)(C)c1cccc2c1oc1cccc(N(c3ccc(-c4ccccc4)cc3)c3ccc4sc5ccccc5c4c3)c12. The van der Waals surface area contributed by atoms with E-state index in [9.17, 15) is 0 Å². The standard InChI is InChI=1S/C40H31NOS/c1-40(2,3)33-15-9-14-31-38-34(16-10-17-35(38)42-39(31)33)41(28-21-19-27(20-22-28)26-11-5-4-6-12-26)29-23-24-37-32(25-29)30-13-7-8-18-36(30)43-37/h4-25H,1-3H3. The van der Waals surface area contributed by atoms with E-state index in [1.807, 2.05) is 11.3 Å². The highest BCUT2D eigenvalue weighted by atomic mass is 32.1. The van der Waals surface area contributed by atoms with Crippen molar-refractivity contribution >= 4 is 70.5 Å². The van der Waals surface area contributed by atoms with Crippen LogP contribution >= 0.6 is 11.3 Å².